The van der Waals surface area contributed by atoms with E-state index in [2.05, 4.69) is 0 Å². The third-order valence-electron chi connectivity index (χ3n) is 4.95. The number of hydrogen-bond acceptors (Lipinski definition) is 5. The molecule has 0 aromatic heterocycles. The first-order chi connectivity index (χ1) is 14.9. The molecule has 0 amide bonds. The summed E-state index contributed by atoms with van der Waals surface area (Å²) in [5.74, 6) is -1.69. The van der Waals surface area contributed by atoms with Gasteiger partial charge in [-0.05, 0) is 29.8 Å². The van der Waals surface area contributed by atoms with Crippen LogP contribution in [0.3, 0.4) is 0 Å². The molecule has 0 bridgehead atoms. The van der Waals surface area contributed by atoms with Gasteiger partial charge in [-0.2, -0.15) is 5.26 Å². The largest absolute Gasteiger partial charge is 0.439 e. The number of ether oxygens (including phenoxy) is 1. The van der Waals surface area contributed by atoms with Gasteiger partial charge >= 0.3 is 0 Å². The average Bonchev–Trinajstić information content (AvgIpc) is 2.80. The number of rotatable bonds is 4. The predicted octanol–water partition coefficient (Wildman–Crippen LogP) is 4.48. The Morgan fingerprint density at radius 1 is 0.903 bits per heavy atom. The summed E-state index contributed by atoms with van der Waals surface area (Å²) in [5, 5.41) is 9.80. The highest BCUT2D eigenvalue weighted by atomic mass is 32.2. The van der Waals surface area contributed by atoms with Crippen molar-refractivity contribution >= 4 is 15.6 Å². The molecule has 154 valence electrons. The van der Waals surface area contributed by atoms with Gasteiger partial charge in [0, 0.05) is 5.56 Å². The Morgan fingerprint density at radius 2 is 1.48 bits per heavy atom. The molecule has 0 radical (unpaired) electrons. The number of halogens is 1. The van der Waals surface area contributed by atoms with Gasteiger partial charge in [0.15, 0.2) is 5.76 Å². The topological polar surface area (TPSA) is 93.2 Å². The van der Waals surface area contributed by atoms with E-state index in [0.29, 0.717) is 11.1 Å². The molecular weight excluding hydrogens is 415 g/mol. The first-order valence-corrected chi connectivity index (χ1v) is 10.8. The van der Waals surface area contributed by atoms with Crippen molar-refractivity contribution in [1.82, 2.24) is 0 Å². The highest BCUT2D eigenvalue weighted by Gasteiger charge is 2.41. The number of sulfone groups is 1. The van der Waals surface area contributed by atoms with Crippen LogP contribution in [0.1, 0.15) is 17.0 Å². The Morgan fingerprint density at radius 3 is 2.06 bits per heavy atom. The number of hydrogen-bond donors (Lipinski definition) is 1. The molecule has 1 atom stereocenters. The fourth-order valence-electron chi connectivity index (χ4n) is 3.51. The van der Waals surface area contributed by atoms with E-state index in [1.54, 1.807) is 48.5 Å². The molecule has 2 N–H and O–H groups in total. The monoisotopic (exact) mass is 432 g/mol. The van der Waals surface area contributed by atoms with Gasteiger partial charge in [-0.3, -0.25) is 0 Å². The second kappa shape index (κ2) is 8.09. The molecular formula is C24H17FN2O3S. The van der Waals surface area contributed by atoms with E-state index in [4.69, 9.17) is 10.5 Å². The lowest BCUT2D eigenvalue weighted by molar-refractivity contribution is 0.358. The molecule has 0 saturated heterocycles. The zero-order valence-corrected chi connectivity index (χ0v) is 17.0. The van der Waals surface area contributed by atoms with Crippen molar-refractivity contribution < 1.29 is 17.5 Å². The first kappa shape index (κ1) is 20.4. The van der Waals surface area contributed by atoms with Crippen LogP contribution in [0.5, 0.6) is 0 Å². The van der Waals surface area contributed by atoms with Crippen molar-refractivity contribution in [2.45, 2.75) is 10.8 Å². The summed E-state index contributed by atoms with van der Waals surface area (Å²) in [4.78, 5) is -0.0748. The van der Waals surface area contributed by atoms with Crippen LogP contribution in [0.15, 0.2) is 106 Å². The minimum Gasteiger partial charge on any atom is -0.439 e. The van der Waals surface area contributed by atoms with Crippen LogP contribution >= 0.6 is 0 Å². The standard InChI is InChI=1S/C24H17FN2O3S/c25-18-13-11-16(12-14-18)21-20(15-26)24(27)30-22(17-7-3-1-4-8-17)23(21)31(28,29)19-9-5-2-6-10-19/h1-14,21H,27H2/t21-/m1/s1. The van der Waals surface area contributed by atoms with Crippen LogP contribution in [-0.2, 0) is 14.6 Å². The number of benzene rings is 3. The smallest absolute Gasteiger partial charge is 0.207 e. The van der Waals surface area contributed by atoms with Gasteiger partial charge in [0.1, 0.15) is 22.4 Å². The van der Waals surface area contributed by atoms with E-state index in [0.717, 1.165) is 0 Å². The Bertz CT molecular complexity index is 1330. The third-order valence-corrected chi connectivity index (χ3v) is 6.85. The molecule has 0 aliphatic carbocycles. The Balaban J connectivity index is 2.07. The lowest BCUT2D eigenvalue weighted by atomic mass is 9.88. The lowest BCUT2D eigenvalue weighted by Crippen LogP contribution is -2.25. The molecule has 0 unspecified atom stereocenters. The zero-order valence-electron chi connectivity index (χ0n) is 16.2. The normalized spacial score (nSPS) is 16.6. The van der Waals surface area contributed by atoms with Crippen LogP contribution in [0.2, 0.25) is 0 Å². The SMILES string of the molecule is N#CC1=C(N)OC(c2ccccc2)=C(S(=O)(=O)c2ccccc2)[C@@H]1c1ccc(F)cc1. The second-order valence-electron chi connectivity index (χ2n) is 6.85. The van der Waals surface area contributed by atoms with Gasteiger partial charge in [-0.15, -0.1) is 0 Å². The lowest BCUT2D eigenvalue weighted by Gasteiger charge is -2.29. The molecule has 3 aromatic carbocycles. The molecule has 31 heavy (non-hydrogen) atoms. The Labute approximate surface area is 179 Å². The van der Waals surface area contributed by atoms with Crippen LogP contribution in [-0.4, -0.2) is 8.42 Å². The van der Waals surface area contributed by atoms with Crippen molar-refractivity contribution in [2.24, 2.45) is 5.73 Å². The Kier molecular flexibility index (Phi) is 5.32. The van der Waals surface area contributed by atoms with E-state index in [9.17, 15) is 18.1 Å². The van der Waals surface area contributed by atoms with Crippen LogP contribution in [0, 0.1) is 17.1 Å². The first-order valence-electron chi connectivity index (χ1n) is 9.36. The molecule has 4 rings (SSSR count). The van der Waals surface area contributed by atoms with Gasteiger partial charge in [-0.1, -0.05) is 60.7 Å². The molecule has 7 heteroatoms. The maximum Gasteiger partial charge on any atom is 0.207 e. The predicted molar refractivity (Wildman–Crippen MR) is 114 cm³/mol. The van der Waals surface area contributed by atoms with Gasteiger partial charge in [0.25, 0.3) is 0 Å². The Hall–Kier alpha value is -3.89. The maximum atomic E-state index is 13.8. The van der Waals surface area contributed by atoms with Crippen molar-refractivity contribution in [3.63, 3.8) is 0 Å². The van der Waals surface area contributed by atoms with E-state index in [1.165, 1.54) is 36.4 Å². The molecule has 1 heterocycles. The van der Waals surface area contributed by atoms with Gasteiger partial charge in [0.2, 0.25) is 15.7 Å². The van der Waals surface area contributed by atoms with Crippen LogP contribution in [0.25, 0.3) is 5.76 Å². The van der Waals surface area contributed by atoms with Gasteiger partial charge < -0.3 is 10.5 Å². The summed E-state index contributed by atoms with van der Waals surface area (Å²) in [6, 6.07) is 23.8. The third kappa shape index (κ3) is 3.69. The van der Waals surface area contributed by atoms with Crippen molar-refractivity contribution in [3.05, 3.63) is 118 Å². The molecule has 0 fully saturated rings. The summed E-state index contributed by atoms with van der Waals surface area (Å²) in [7, 11) is -4.11. The van der Waals surface area contributed by atoms with E-state index in [-0.39, 0.29) is 27.0 Å². The van der Waals surface area contributed by atoms with E-state index < -0.39 is 21.6 Å². The molecule has 0 spiro atoms. The number of nitrogens with zero attached hydrogens (tertiary/aromatic N) is 1. The van der Waals surface area contributed by atoms with Gasteiger partial charge in [-0.25, -0.2) is 12.8 Å². The average molecular weight is 432 g/mol. The number of nitrogens with two attached hydrogens (primary N) is 1. The molecule has 5 nitrogen and oxygen atoms in total. The molecule has 1 aliphatic heterocycles. The van der Waals surface area contributed by atoms with E-state index >= 15 is 0 Å². The minimum atomic E-state index is -4.11. The summed E-state index contributed by atoms with van der Waals surface area (Å²) in [6.45, 7) is 0. The van der Waals surface area contributed by atoms with Crippen LogP contribution in [0.4, 0.5) is 4.39 Å². The number of nitriles is 1. The molecule has 1 aliphatic rings. The van der Waals surface area contributed by atoms with Crippen molar-refractivity contribution in [1.29, 1.82) is 5.26 Å². The summed E-state index contributed by atoms with van der Waals surface area (Å²) < 4.78 is 46.9. The van der Waals surface area contributed by atoms with Gasteiger partial charge in [0.05, 0.1) is 10.8 Å². The second-order valence-corrected chi connectivity index (χ2v) is 8.77. The molecule has 0 saturated carbocycles. The molecule has 3 aromatic rings. The summed E-state index contributed by atoms with van der Waals surface area (Å²) in [5.41, 5.74) is 6.90. The maximum absolute atomic E-state index is 13.8. The fraction of sp³-hybridized carbons (Fsp3) is 0.0417. The zero-order chi connectivity index (χ0) is 22.0. The minimum absolute atomic E-state index is 0.0373. The summed E-state index contributed by atoms with van der Waals surface area (Å²) >= 11 is 0. The van der Waals surface area contributed by atoms with E-state index in [1.807, 2.05) is 6.07 Å². The number of allylic oxidation sites excluding steroid dienone is 2. The van der Waals surface area contributed by atoms with Crippen LogP contribution < -0.4 is 5.73 Å². The quantitative estimate of drug-likeness (QED) is 0.656. The fourth-order valence-corrected chi connectivity index (χ4v) is 5.24. The van der Waals surface area contributed by atoms with Crippen molar-refractivity contribution in [3.8, 4) is 6.07 Å². The summed E-state index contributed by atoms with van der Waals surface area (Å²) in [6.07, 6.45) is 0. The highest BCUT2D eigenvalue weighted by molar-refractivity contribution is 7.95. The highest BCUT2D eigenvalue weighted by Crippen LogP contribution is 2.46. The van der Waals surface area contributed by atoms with Crippen molar-refractivity contribution in [2.75, 3.05) is 0 Å².